The van der Waals surface area contributed by atoms with E-state index in [1.807, 2.05) is 26.0 Å². The number of carbonyl (C=O) groups is 1. The maximum atomic E-state index is 11.3. The van der Waals surface area contributed by atoms with Gasteiger partial charge >= 0.3 is 0 Å². The van der Waals surface area contributed by atoms with Crippen LogP contribution in [0.3, 0.4) is 0 Å². The lowest BCUT2D eigenvalue weighted by Gasteiger charge is -2.18. The van der Waals surface area contributed by atoms with Crippen LogP contribution in [0.25, 0.3) is 0 Å². The molecule has 0 aliphatic carbocycles. The third kappa shape index (κ3) is 2.70. The third-order valence-corrected chi connectivity index (χ3v) is 4.16. The Bertz CT molecular complexity index is 448. The zero-order chi connectivity index (χ0) is 12.3. The molecule has 1 rings (SSSR count). The molecular formula is C13H14BrNO. The first kappa shape index (κ1) is 12.9. The highest BCUT2D eigenvalue weighted by molar-refractivity contribution is 9.10. The Morgan fingerprint density at radius 1 is 1.50 bits per heavy atom. The van der Waals surface area contributed by atoms with Crippen molar-refractivity contribution in [1.29, 1.82) is 5.26 Å². The fraction of sp³-hybridized carbons (Fsp3) is 0.385. The Labute approximate surface area is 104 Å². The van der Waals surface area contributed by atoms with E-state index in [0.717, 1.165) is 11.1 Å². The molecule has 0 aromatic heterocycles. The third-order valence-electron chi connectivity index (χ3n) is 2.73. The summed E-state index contributed by atoms with van der Waals surface area (Å²) in [5.41, 5.74) is 2.80. The molecule has 0 heterocycles. The van der Waals surface area contributed by atoms with Crippen molar-refractivity contribution in [3.05, 3.63) is 34.9 Å². The molecule has 0 bridgehead atoms. The molecule has 0 fully saturated rings. The average Bonchev–Trinajstić information content (AvgIpc) is 2.27. The first-order chi connectivity index (χ1) is 7.47. The second kappa shape index (κ2) is 5.27. The number of alkyl halides is 1. The fourth-order valence-corrected chi connectivity index (χ4v) is 2.00. The molecule has 2 unspecified atom stereocenters. The molecule has 2 atom stereocenters. The lowest BCUT2D eigenvalue weighted by atomic mass is 9.91. The van der Waals surface area contributed by atoms with Crippen LogP contribution in [0, 0.1) is 18.3 Å². The standard InChI is InChI=1S/C13H14BrNO/c1-8-4-5-11(7-15)6-12(8)9(2)13(14)10(3)16/h4-6,9,13H,1-3H3. The van der Waals surface area contributed by atoms with E-state index in [4.69, 9.17) is 5.26 Å². The maximum Gasteiger partial charge on any atom is 0.144 e. The van der Waals surface area contributed by atoms with Crippen molar-refractivity contribution in [2.24, 2.45) is 0 Å². The van der Waals surface area contributed by atoms with Gasteiger partial charge in [0.1, 0.15) is 5.78 Å². The first-order valence-electron chi connectivity index (χ1n) is 5.12. The number of nitrogens with zero attached hydrogens (tertiary/aromatic N) is 1. The Kier molecular flexibility index (Phi) is 4.26. The molecule has 1 aromatic carbocycles. The fourth-order valence-electron chi connectivity index (χ4n) is 1.71. The molecule has 2 nitrogen and oxygen atoms in total. The van der Waals surface area contributed by atoms with Gasteiger partial charge in [-0.3, -0.25) is 4.79 Å². The van der Waals surface area contributed by atoms with Crippen LogP contribution in [0.1, 0.15) is 36.5 Å². The van der Waals surface area contributed by atoms with E-state index in [1.165, 1.54) is 0 Å². The van der Waals surface area contributed by atoms with Gasteiger partial charge in [-0.2, -0.15) is 5.26 Å². The molecule has 0 aliphatic rings. The number of carbonyl (C=O) groups excluding carboxylic acids is 1. The van der Waals surface area contributed by atoms with Gasteiger partial charge in [-0.05, 0) is 37.1 Å². The van der Waals surface area contributed by atoms with Crippen LogP contribution >= 0.6 is 15.9 Å². The summed E-state index contributed by atoms with van der Waals surface area (Å²) in [6.45, 7) is 5.55. The first-order valence-corrected chi connectivity index (χ1v) is 6.04. The summed E-state index contributed by atoms with van der Waals surface area (Å²) in [6, 6.07) is 7.69. The van der Waals surface area contributed by atoms with Gasteiger partial charge in [0, 0.05) is 5.92 Å². The maximum absolute atomic E-state index is 11.3. The Morgan fingerprint density at radius 2 is 2.12 bits per heavy atom. The summed E-state index contributed by atoms with van der Waals surface area (Å²) >= 11 is 3.39. The summed E-state index contributed by atoms with van der Waals surface area (Å²) in [5, 5.41) is 8.85. The van der Waals surface area contributed by atoms with Gasteiger partial charge in [-0.25, -0.2) is 0 Å². The molecule has 0 spiro atoms. The summed E-state index contributed by atoms with van der Waals surface area (Å²) in [4.78, 5) is 11.1. The van der Waals surface area contributed by atoms with E-state index in [-0.39, 0.29) is 16.5 Å². The summed E-state index contributed by atoms with van der Waals surface area (Å²) in [7, 11) is 0. The number of hydrogen-bond acceptors (Lipinski definition) is 2. The van der Waals surface area contributed by atoms with Crippen LogP contribution in [0.4, 0.5) is 0 Å². The predicted octanol–water partition coefficient (Wildman–Crippen LogP) is 3.32. The van der Waals surface area contributed by atoms with Gasteiger partial charge in [0.05, 0.1) is 16.5 Å². The molecule has 0 aliphatic heterocycles. The molecule has 0 amide bonds. The number of halogens is 1. The smallest absolute Gasteiger partial charge is 0.144 e. The normalized spacial score (nSPS) is 13.9. The van der Waals surface area contributed by atoms with Gasteiger partial charge in [-0.1, -0.05) is 28.9 Å². The average molecular weight is 280 g/mol. The van der Waals surface area contributed by atoms with E-state index in [0.29, 0.717) is 5.56 Å². The minimum absolute atomic E-state index is 0.0748. The Hall–Kier alpha value is -1.14. The topological polar surface area (TPSA) is 40.9 Å². The SMILES string of the molecule is CC(=O)C(Br)C(C)c1cc(C#N)ccc1C. The zero-order valence-electron chi connectivity index (χ0n) is 9.62. The van der Waals surface area contributed by atoms with E-state index >= 15 is 0 Å². The molecule has 84 valence electrons. The van der Waals surface area contributed by atoms with Gasteiger partial charge in [0.25, 0.3) is 0 Å². The highest BCUT2D eigenvalue weighted by atomic mass is 79.9. The van der Waals surface area contributed by atoms with Gasteiger partial charge in [0.2, 0.25) is 0 Å². The van der Waals surface area contributed by atoms with Crippen LogP contribution < -0.4 is 0 Å². The summed E-state index contributed by atoms with van der Waals surface area (Å²) in [6.07, 6.45) is 0. The van der Waals surface area contributed by atoms with Crippen molar-refractivity contribution in [3.8, 4) is 6.07 Å². The van der Waals surface area contributed by atoms with Crippen LogP contribution in [-0.4, -0.2) is 10.6 Å². The highest BCUT2D eigenvalue weighted by Gasteiger charge is 2.21. The second-order valence-electron chi connectivity index (χ2n) is 3.98. The van der Waals surface area contributed by atoms with Crippen LogP contribution in [0.2, 0.25) is 0 Å². The lowest BCUT2D eigenvalue weighted by Crippen LogP contribution is -2.18. The minimum atomic E-state index is -0.194. The Morgan fingerprint density at radius 3 is 2.62 bits per heavy atom. The number of benzene rings is 1. The lowest BCUT2D eigenvalue weighted by molar-refractivity contribution is -0.116. The van der Waals surface area contributed by atoms with Crippen molar-refractivity contribution in [2.75, 3.05) is 0 Å². The molecule has 16 heavy (non-hydrogen) atoms. The van der Waals surface area contributed by atoms with Gasteiger partial charge in [0.15, 0.2) is 0 Å². The summed E-state index contributed by atoms with van der Waals surface area (Å²) < 4.78 is 0. The molecule has 1 aromatic rings. The van der Waals surface area contributed by atoms with E-state index in [2.05, 4.69) is 22.0 Å². The van der Waals surface area contributed by atoms with Crippen LogP contribution in [0.5, 0.6) is 0 Å². The van der Waals surface area contributed by atoms with Gasteiger partial charge in [-0.15, -0.1) is 0 Å². The largest absolute Gasteiger partial charge is 0.299 e. The Balaban J connectivity index is 3.12. The number of nitriles is 1. The number of ketones is 1. The molecule has 0 radical (unpaired) electrons. The molecule has 0 saturated carbocycles. The zero-order valence-corrected chi connectivity index (χ0v) is 11.2. The van der Waals surface area contributed by atoms with Crippen molar-refractivity contribution >= 4 is 21.7 Å². The quantitative estimate of drug-likeness (QED) is 0.797. The van der Waals surface area contributed by atoms with Crippen molar-refractivity contribution in [2.45, 2.75) is 31.5 Å². The van der Waals surface area contributed by atoms with Crippen molar-refractivity contribution in [3.63, 3.8) is 0 Å². The molecule has 0 N–H and O–H groups in total. The number of hydrogen-bond donors (Lipinski definition) is 0. The molecule has 0 saturated heterocycles. The van der Waals surface area contributed by atoms with E-state index in [9.17, 15) is 4.79 Å². The predicted molar refractivity (Wildman–Crippen MR) is 67.7 cm³/mol. The minimum Gasteiger partial charge on any atom is -0.299 e. The number of aryl methyl sites for hydroxylation is 1. The van der Waals surface area contributed by atoms with E-state index in [1.54, 1.807) is 13.0 Å². The van der Waals surface area contributed by atoms with E-state index < -0.39 is 0 Å². The molecule has 3 heteroatoms. The van der Waals surface area contributed by atoms with Crippen molar-refractivity contribution in [1.82, 2.24) is 0 Å². The van der Waals surface area contributed by atoms with Gasteiger partial charge < -0.3 is 0 Å². The highest BCUT2D eigenvalue weighted by Crippen LogP contribution is 2.28. The number of rotatable bonds is 3. The van der Waals surface area contributed by atoms with Crippen LogP contribution in [-0.2, 0) is 4.79 Å². The van der Waals surface area contributed by atoms with Crippen LogP contribution in [0.15, 0.2) is 18.2 Å². The second-order valence-corrected chi connectivity index (χ2v) is 4.97. The van der Waals surface area contributed by atoms with Crippen molar-refractivity contribution < 1.29 is 4.79 Å². The monoisotopic (exact) mass is 279 g/mol. The summed E-state index contributed by atoms with van der Waals surface area (Å²) in [5.74, 6) is 0.181. The molecular weight excluding hydrogens is 266 g/mol. The number of Topliss-reactive ketones (excluding diaryl/α,β-unsaturated/α-hetero) is 1.